The molecule has 0 aliphatic rings. The van der Waals surface area contributed by atoms with Crippen LogP contribution in [0.5, 0.6) is 5.75 Å². The van der Waals surface area contributed by atoms with Crippen LogP contribution in [-0.2, 0) is 6.61 Å². The fourth-order valence-corrected chi connectivity index (χ4v) is 1.92. The number of aromatic amines is 1. The highest BCUT2D eigenvalue weighted by Gasteiger charge is 2.06. The number of rotatable bonds is 4. The maximum atomic E-state index is 5.67. The van der Waals surface area contributed by atoms with Gasteiger partial charge < -0.3 is 14.6 Å². The first-order valence-corrected chi connectivity index (χ1v) is 6.43. The summed E-state index contributed by atoms with van der Waals surface area (Å²) >= 11 is 0. The lowest BCUT2D eigenvalue weighted by atomic mass is 10.3. The van der Waals surface area contributed by atoms with Crippen molar-refractivity contribution in [3.8, 4) is 5.75 Å². The SMILES string of the molecule is CN(C)c1ccc2[nH]c(COc3ccccc3)nc2n1. The van der Waals surface area contributed by atoms with Gasteiger partial charge in [0.1, 0.15) is 24.0 Å². The molecule has 2 aromatic heterocycles. The van der Waals surface area contributed by atoms with Crippen molar-refractivity contribution in [1.82, 2.24) is 15.0 Å². The summed E-state index contributed by atoms with van der Waals surface area (Å²) < 4.78 is 5.67. The van der Waals surface area contributed by atoms with E-state index in [1.54, 1.807) is 0 Å². The quantitative estimate of drug-likeness (QED) is 0.790. The molecule has 0 unspecified atom stereocenters. The molecule has 0 radical (unpaired) electrons. The molecule has 3 aromatic rings. The van der Waals surface area contributed by atoms with Crippen LogP contribution in [0, 0.1) is 0 Å². The number of anilines is 1. The lowest BCUT2D eigenvalue weighted by Gasteiger charge is -2.09. The molecule has 3 rings (SSSR count). The Kier molecular flexibility index (Phi) is 3.25. The van der Waals surface area contributed by atoms with E-state index in [0.717, 1.165) is 22.9 Å². The topological polar surface area (TPSA) is 54.0 Å². The van der Waals surface area contributed by atoms with Crippen molar-refractivity contribution < 1.29 is 4.74 Å². The van der Waals surface area contributed by atoms with Crippen LogP contribution in [-0.4, -0.2) is 29.0 Å². The molecular formula is C15H16N4O. The van der Waals surface area contributed by atoms with Crippen LogP contribution in [0.3, 0.4) is 0 Å². The zero-order valence-corrected chi connectivity index (χ0v) is 11.5. The normalized spacial score (nSPS) is 10.7. The summed E-state index contributed by atoms with van der Waals surface area (Å²) in [5.41, 5.74) is 1.63. The van der Waals surface area contributed by atoms with E-state index >= 15 is 0 Å². The lowest BCUT2D eigenvalue weighted by Crippen LogP contribution is -2.10. The largest absolute Gasteiger partial charge is 0.486 e. The van der Waals surface area contributed by atoms with E-state index in [1.165, 1.54) is 0 Å². The number of H-pyrrole nitrogens is 1. The third-order valence-electron chi connectivity index (χ3n) is 2.96. The van der Waals surface area contributed by atoms with Crippen molar-refractivity contribution in [3.05, 3.63) is 48.3 Å². The van der Waals surface area contributed by atoms with Crippen molar-refractivity contribution >= 4 is 17.0 Å². The van der Waals surface area contributed by atoms with Crippen molar-refractivity contribution in [2.75, 3.05) is 19.0 Å². The Labute approximate surface area is 117 Å². The van der Waals surface area contributed by atoms with Gasteiger partial charge in [0.15, 0.2) is 5.65 Å². The van der Waals surface area contributed by atoms with Gasteiger partial charge in [0.25, 0.3) is 0 Å². The number of nitrogens with zero attached hydrogens (tertiary/aromatic N) is 3. The number of imidazole rings is 1. The molecular weight excluding hydrogens is 252 g/mol. The first-order chi connectivity index (χ1) is 9.72. The van der Waals surface area contributed by atoms with Crippen LogP contribution in [0.2, 0.25) is 0 Å². The van der Waals surface area contributed by atoms with Crippen molar-refractivity contribution in [2.45, 2.75) is 6.61 Å². The number of aromatic nitrogens is 3. The molecule has 0 aliphatic heterocycles. The molecule has 2 heterocycles. The first kappa shape index (κ1) is 12.5. The number of benzene rings is 1. The molecule has 0 fully saturated rings. The maximum absolute atomic E-state index is 5.67. The average Bonchev–Trinajstić information content (AvgIpc) is 2.88. The molecule has 0 amide bonds. The number of hydrogen-bond donors (Lipinski definition) is 1. The monoisotopic (exact) mass is 268 g/mol. The Bertz CT molecular complexity index is 706. The highest BCUT2D eigenvalue weighted by Crippen LogP contribution is 2.16. The Balaban J connectivity index is 1.79. The molecule has 0 aliphatic carbocycles. The van der Waals surface area contributed by atoms with Gasteiger partial charge in [-0.1, -0.05) is 18.2 Å². The molecule has 0 saturated heterocycles. The van der Waals surface area contributed by atoms with Gasteiger partial charge in [-0.3, -0.25) is 0 Å². The van der Waals surface area contributed by atoms with Gasteiger partial charge in [-0.2, -0.15) is 0 Å². The van der Waals surface area contributed by atoms with E-state index in [1.807, 2.05) is 61.5 Å². The Hall–Kier alpha value is -2.56. The van der Waals surface area contributed by atoms with Gasteiger partial charge in [-0.05, 0) is 24.3 Å². The molecule has 1 aromatic carbocycles. The number of hydrogen-bond acceptors (Lipinski definition) is 4. The van der Waals surface area contributed by atoms with E-state index in [9.17, 15) is 0 Å². The molecule has 5 nitrogen and oxygen atoms in total. The van der Waals surface area contributed by atoms with Crippen LogP contribution in [0.25, 0.3) is 11.2 Å². The fourth-order valence-electron chi connectivity index (χ4n) is 1.92. The van der Waals surface area contributed by atoms with E-state index in [2.05, 4.69) is 15.0 Å². The van der Waals surface area contributed by atoms with Crippen molar-refractivity contribution in [3.63, 3.8) is 0 Å². The van der Waals surface area contributed by atoms with Gasteiger partial charge >= 0.3 is 0 Å². The molecule has 1 N–H and O–H groups in total. The third kappa shape index (κ3) is 2.56. The summed E-state index contributed by atoms with van der Waals surface area (Å²) in [5.74, 6) is 2.49. The van der Waals surface area contributed by atoms with Crippen LogP contribution >= 0.6 is 0 Å². The van der Waals surface area contributed by atoms with Crippen LogP contribution < -0.4 is 9.64 Å². The summed E-state index contributed by atoms with van der Waals surface area (Å²) in [7, 11) is 3.92. The lowest BCUT2D eigenvalue weighted by molar-refractivity contribution is 0.297. The minimum absolute atomic E-state index is 0.400. The average molecular weight is 268 g/mol. The van der Waals surface area contributed by atoms with Crippen LogP contribution in [0.4, 0.5) is 5.82 Å². The summed E-state index contributed by atoms with van der Waals surface area (Å²) in [5, 5.41) is 0. The zero-order valence-electron chi connectivity index (χ0n) is 11.5. The van der Waals surface area contributed by atoms with E-state index in [4.69, 9.17) is 4.74 Å². The molecule has 0 atom stereocenters. The van der Waals surface area contributed by atoms with Gasteiger partial charge in [0, 0.05) is 14.1 Å². The molecule has 20 heavy (non-hydrogen) atoms. The van der Waals surface area contributed by atoms with Crippen LogP contribution in [0.1, 0.15) is 5.82 Å². The fraction of sp³-hybridized carbons (Fsp3) is 0.200. The smallest absolute Gasteiger partial charge is 0.179 e. The van der Waals surface area contributed by atoms with Gasteiger partial charge in [-0.25, -0.2) is 9.97 Å². The third-order valence-corrected chi connectivity index (χ3v) is 2.96. The standard InChI is InChI=1S/C15H16N4O/c1-19(2)14-9-8-12-15(18-14)17-13(16-12)10-20-11-6-4-3-5-7-11/h3-9H,10H2,1-2H3,(H,16,17,18). The number of para-hydroxylation sites is 1. The Morgan fingerprint density at radius 3 is 2.60 bits per heavy atom. The summed E-state index contributed by atoms with van der Waals surface area (Å²) in [4.78, 5) is 14.1. The second kappa shape index (κ2) is 5.21. The molecule has 102 valence electrons. The summed E-state index contributed by atoms with van der Waals surface area (Å²) in [6.45, 7) is 0.400. The van der Waals surface area contributed by atoms with Gasteiger partial charge in [-0.15, -0.1) is 0 Å². The Morgan fingerprint density at radius 2 is 1.85 bits per heavy atom. The minimum atomic E-state index is 0.400. The molecule has 5 heteroatoms. The number of ether oxygens (including phenoxy) is 1. The second-order valence-corrected chi connectivity index (χ2v) is 4.72. The first-order valence-electron chi connectivity index (χ1n) is 6.43. The molecule has 0 spiro atoms. The summed E-state index contributed by atoms with van der Waals surface area (Å²) in [6, 6.07) is 13.6. The van der Waals surface area contributed by atoms with Crippen molar-refractivity contribution in [2.24, 2.45) is 0 Å². The van der Waals surface area contributed by atoms with E-state index < -0.39 is 0 Å². The van der Waals surface area contributed by atoms with Crippen molar-refractivity contribution in [1.29, 1.82) is 0 Å². The number of fused-ring (bicyclic) bond motifs is 1. The van der Waals surface area contributed by atoms with Crippen LogP contribution in [0.15, 0.2) is 42.5 Å². The minimum Gasteiger partial charge on any atom is -0.486 e. The van der Waals surface area contributed by atoms with E-state index in [-0.39, 0.29) is 0 Å². The molecule has 0 bridgehead atoms. The van der Waals surface area contributed by atoms with Gasteiger partial charge in [0.05, 0.1) is 5.52 Å². The highest BCUT2D eigenvalue weighted by molar-refractivity contribution is 5.73. The zero-order chi connectivity index (χ0) is 13.9. The number of pyridine rings is 1. The predicted molar refractivity (Wildman–Crippen MR) is 79.0 cm³/mol. The predicted octanol–water partition coefficient (Wildman–Crippen LogP) is 2.60. The number of nitrogens with one attached hydrogen (secondary N) is 1. The maximum Gasteiger partial charge on any atom is 0.179 e. The van der Waals surface area contributed by atoms with Gasteiger partial charge in [0.2, 0.25) is 0 Å². The highest BCUT2D eigenvalue weighted by atomic mass is 16.5. The second-order valence-electron chi connectivity index (χ2n) is 4.72. The van der Waals surface area contributed by atoms with E-state index in [0.29, 0.717) is 12.3 Å². The Morgan fingerprint density at radius 1 is 1.05 bits per heavy atom. The molecule has 0 saturated carbocycles. The summed E-state index contributed by atoms with van der Waals surface area (Å²) in [6.07, 6.45) is 0.